The van der Waals surface area contributed by atoms with Crippen LogP contribution in [-0.4, -0.2) is 6.42 Å². The average Bonchev–Trinajstić information content (AvgIpc) is 2.59. The van der Waals surface area contributed by atoms with Crippen molar-refractivity contribution in [1.29, 1.82) is 0 Å². The summed E-state index contributed by atoms with van der Waals surface area (Å²) in [5.41, 5.74) is 0. The van der Waals surface area contributed by atoms with Crippen molar-refractivity contribution in [3.8, 4) is 0 Å². The number of hydrogen-bond acceptors (Lipinski definition) is 0. The quantitative estimate of drug-likeness (QED) is 0.615. The molecule has 0 amide bonds. The van der Waals surface area contributed by atoms with E-state index < -0.39 is 13.7 Å². The molecule has 3 aromatic rings. The molecule has 0 atom stereocenters. The first kappa shape index (κ1) is 15.2. The highest BCUT2D eigenvalue weighted by molar-refractivity contribution is 7.95. The second kappa shape index (κ2) is 6.60. The fraction of sp³-hybridized carbons (Fsp3) is 0.0526. The molecule has 0 heterocycles. The van der Waals surface area contributed by atoms with Crippen LogP contribution >= 0.6 is 18.9 Å². The smallest absolute Gasteiger partial charge is 0.205 e. The summed E-state index contributed by atoms with van der Waals surface area (Å²) in [5, 5.41) is 3.55. The van der Waals surface area contributed by atoms with Gasteiger partial charge in [-0.25, -0.2) is 4.39 Å². The second-order valence-corrected chi connectivity index (χ2v) is 8.83. The molecule has 0 bridgehead atoms. The second-order valence-electron chi connectivity index (χ2n) is 5.05. The van der Waals surface area contributed by atoms with Crippen LogP contribution in [0.1, 0.15) is 0 Å². The van der Waals surface area contributed by atoms with Gasteiger partial charge in [0, 0.05) is 0 Å². The Labute approximate surface area is 135 Å². The molecule has 3 heteroatoms. The zero-order chi connectivity index (χ0) is 15.4. The highest BCUT2D eigenvalue weighted by Gasteiger charge is 2.47. The van der Waals surface area contributed by atoms with Crippen LogP contribution in [0.4, 0.5) is 4.39 Å². The van der Waals surface area contributed by atoms with Crippen molar-refractivity contribution in [2.24, 2.45) is 0 Å². The van der Waals surface area contributed by atoms with Crippen molar-refractivity contribution in [2.45, 2.75) is 0 Å². The maximum atomic E-state index is 14.5. The number of halogens is 2. The summed E-state index contributed by atoms with van der Waals surface area (Å²) in [6.45, 7) is 0. The van der Waals surface area contributed by atoms with E-state index in [9.17, 15) is 4.39 Å². The van der Waals surface area contributed by atoms with Crippen molar-refractivity contribution in [3.63, 3.8) is 0 Å². The zero-order valence-electron chi connectivity index (χ0n) is 12.0. The Bertz CT molecular complexity index is 704. The normalized spacial score (nSPS) is 11.4. The van der Waals surface area contributed by atoms with E-state index in [1.165, 1.54) is 0 Å². The Morgan fingerprint density at radius 1 is 0.682 bits per heavy atom. The Kier molecular flexibility index (Phi) is 4.57. The molecular formula is C19H16ClFP+. The van der Waals surface area contributed by atoms with Gasteiger partial charge in [-0.1, -0.05) is 60.1 Å². The number of benzene rings is 3. The Morgan fingerprint density at radius 2 is 1.14 bits per heavy atom. The lowest BCUT2D eigenvalue weighted by atomic mass is 10.3. The van der Waals surface area contributed by atoms with Crippen LogP contribution in [0, 0.1) is 0 Å². The van der Waals surface area contributed by atoms with Gasteiger partial charge in [0.05, 0.1) is 5.02 Å². The van der Waals surface area contributed by atoms with Crippen molar-refractivity contribution < 1.29 is 4.39 Å². The monoisotopic (exact) mass is 329 g/mol. The van der Waals surface area contributed by atoms with Gasteiger partial charge in [-0.05, 0) is 36.4 Å². The van der Waals surface area contributed by atoms with Gasteiger partial charge >= 0.3 is 0 Å². The van der Waals surface area contributed by atoms with E-state index >= 15 is 0 Å². The Balaban J connectivity index is 2.34. The first-order valence-electron chi connectivity index (χ1n) is 7.09. The molecule has 0 radical (unpaired) electrons. The van der Waals surface area contributed by atoms with E-state index in [0.717, 1.165) is 15.9 Å². The van der Waals surface area contributed by atoms with Crippen LogP contribution in [0.3, 0.4) is 0 Å². The van der Waals surface area contributed by atoms with Crippen LogP contribution in [0.15, 0.2) is 84.9 Å². The maximum absolute atomic E-state index is 14.5. The van der Waals surface area contributed by atoms with E-state index in [-0.39, 0.29) is 0 Å². The highest BCUT2D eigenvalue weighted by Crippen LogP contribution is 2.56. The molecule has 0 saturated carbocycles. The van der Waals surface area contributed by atoms with Crippen LogP contribution in [0.5, 0.6) is 0 Å². The Hall–Kier alpha value is -1.69. The van der Waals surface area contributed by atoms with E-state index in [1.807, 2.05) is 84.9 Å². The number of alkyl halides is 1. The maximum Gasteiger partial charge on any atom is 0.210 e. The summed E-state index contributed by atoms with van der Waals surface area (Å²) >= 11 is 6.45. The predicted molar refractivity (Wildman–Crippen MR) is 96.1 cm³/mol. The van der Waals surface area contributed by atoms with Crippen molar-refractivity contribution >= 4 is 34.8 Å². The third kappa shape index (κ3) is 2.56. The van der Waals surface area contributed by atoms with Gasteiger partial charge < -0.3 is 0 Å². The lowest BCUT2D eigenvalue weighted by Crippen LogP contribution is -2.32. The van der Waals surface area contributed by atoms with E-state index in [4.69, 9.17) is 11.6 Å². The molecule has 3 rings (SSSR count). The van der Waals surface area contributed by atoms with Crippen molar-refractivity contribution in [2.75, 3.05) is 6.42 Å². The van der Waals surface area contributed by atoms with E-state index in [2.05, 4.69) is 0 Å². The number of rotatable bonds is 4. The number of hydrogen-bond donors (Lipinski definition) is 0. The molecule has 22 heavy (non-hydrogen) atoms. The van der Waals surface area contributed by atoms with Gasteiger partial charge in [-0.2, -0.15) is 0 Å². The molecule has 0 aliphatic rings. The van der Waals surface area contributed by atoms with Gasteiger partial charge in [-0.15, -0.1) is 0 Å². The largest absolute Gasteiger partial charge is 0.210 e. The molecule has 0 aliphatic carbocycles. The standard InChI is InChI=1S/C19H16ClFP/c20-18-13-7-8-14-19(18)22(15-21,16-9-3-1-4-10-16)17-11-5-2-6-12-17/h1-14H,15H2/q+1. The van der Waals surface area contributed by atoms with E-state index in [1.54, 1.807) is 0 Å². The molecule has 0 saturated heterocycles. The minimum Gasteiger partial charge on any atom is -0.205 e. The molecule has 0 unspecified atom stereocenters. The molecule has 0 aliphatic heterocycles. The van der Waals surface area contributed by atoms with Crippen LogP contribution in [-0.2, 0) is 0 Å². The molecular weight excluding hydrogens is 314 g/mol. The summed E-state index contributed by atoms with van der Waals surface area (Å²) in [4.78, 5) is 0. The minimum absolute atomic E-state index is 0.440. The molecule has 0 N–H and O–H groups in total. The van der Waals surface area contributed by atoms with E-state index in [0.29, 0.717) is 5.02 Å². The first-order valence-corrected chi connectivity index (χ1v) is 9.44. The van der Waals surface area contributed by atoms with Gasteiger partial charge in [-0.3, -0.25) is 0 Å². The summed E-state index contributed by atoms with van der Waals surface area (Å²) in [6, 6.07) is 27.4. The molecule has 110 valence electrons. The molecule has 3 aromatic carbocycles. The van der Waals surface area contributed by atoms with Crippen LogP contribution in [0.25, 0.3) is 0 Å². The summed E-state index contributed by atoms with van der Waals surface area (Å²) in [6.07, 6.45) is -0.440. The highest BCUT2D eigenvalue weighted by atomic mass is 35.5. The molecule has 0 fully saturated rings. The topological polar surface area (TPSA) is 0 Å². The average molecular weight is 330 g/mol. The van der Waals surface area contributed by atoms with Crippen molar-refractivity contribution in [3.05, 3.63) is 90.0 Å². The van der Waals surface area contributed by atoms with Crippen LogP contribution < -0.4 is 15.9 Å². The minimum atomic E-state index is -2.37. The summed E-state index contributed by atoms with van der Waals surface area (Å²) in [5.74, 6) is 0. The Morgan fingerprint density at radius 3 is 1.59 bits per heavy atom. The summed E-state index contributed by atoms with van der Waals surface area (Å²) < 4.78 is 14.5. The third-order valence-electron chi connectivity index (χ3n) is 3.84. The fourth-order valence-corrected chi connectivity index (χ4v) is 6.73. The lowest BCUT2D eigenvalue weighted by Gasteiger charge is -2.25. The predicted octanol–water partition coefficient (Wildman–Crippen LogP) is 4.56. The van der Waals surface area contributed by atoms with Gasteiger partial charge in [0.25, 0.3) is 0 Å². The summed E-state index contributed by atoms with van der Waals surface area (Å²) in [7, 11) is -2.37. The molecule has 0 aromatic heterocycles. The zero-order valence-corrected chi connectivity index (χ0v) is 13.6. The van der Waals surface area contributed by atoms with Gasteiger partial charge in [0.2, 0.25) is 6.42 Å². The van der Waals surface area contributed by atoms with Crippen LogP contribution in [0.2, 0.25) is 5.02 Å². The third-order valence-corrected chi connectivity index (χ3v) is 8.23. The molecule has 0 spiro atoms. The first-order chi connectivity index (χ1) is 10.8. The van der Waals surface area contributed by atoms with Crippen molar-refractivity contribution in [1.82, 2.24) is 0 Å². The fourth-order valence-electron chi connectivity index (χ4n) is 2.76. The lowest BCUT2D eigenvalue weighted by molar-refractivity contribution is 0.599. The van der Waals surface area contributed by atoms with Gasteiger partial charge in [0.1, 0.15) is 23.2 Å². The SMILES string of the molecule is FC[P+](c1ccccc1)(c1ccccc1)c1ccccc1Cl. The van der Waals surface area contributed by atoms with Gasteiger partial charge in [0.15, 0.2) is 0 Å². The molecule has 0 nitrogen and oxygen atoms in total.